The van der Waals surface area contributed by atoms with Crippen molar-refractivity contribution in [3.05, 3.63) is 33.9 Å². The van der Waals surface area contributed by atoms with Gasteiger partial charge in [-0.2, -0.15) is 0 Å². The lowest BCUT2D eigenvalue weighted by atomic mass is 9.91. The number of nitrogens with two attached hydrogens (primary N) is 1. The Bertz CT molecular complexity index is 948. The molecule has 0 spiro atoms. The largest absolute Gasteiger partial charge is 0.462 e. The van der Waals surface area contributed by atoms with Gasteiger partial charge in [0, 0.05) is 18.7 Å². The van der Waals surface area contributed by atoms with Crippen LogP contribution < -0.4 is 16.4 Å². The number of thioether (sulfide) groups is 1. The molecular formula is C18H22N6O4S. The fraction of sp³-hybridized carbons (Fsp3) is 0.444. The summed E-state index contributed by atoms with van der Waals surface area (Å²) in [5.74, 6) is -0.342. The highest BCUT2D eigenvalue weighted by molar-refractivity contribution is 8.13. The van der Waals surface area contributed by atoms with Crippen LogP contribution in [0.25, 0.3) is 0 Å². The molecule has 154 valence electrons. The van der Waals surface area contributed by atoms with E-state index in [2.05, 4.69) is 20.6 Å². The first kappa shape index (κ1) is 19.4. The van der Waals surface area contributed by atoms with Crippen LogP contribution in [0.5, 0.6) is 0 Å². The molecule has 4 rings (SSSR count). The SMILES string of the molecule is CCOC(=O)C1=C2NC(SC)=NC3=C2C(N=C1N)N1CCNC1=C3C(=O)OCC. The maximum absolute atomic E-state index is 12.8. The highest BCUT2D eigenvalue weighted by Gasteiger charge is 2.47. The van der Waals surface area contributed by atoms with Gasteiger partial charge < -0.3 is 30.7 Å². The first-order chi connectivity index (χ1) is 14.0. The summed E-state index contributed by atoms with van der Waals surface area (Å²) >= 11 is 1.36. The first-order valence-corrected chi connectivity index (χ1v) is 10.6. The number of amidine groups is 2. The lowest BCUT2D eigenvalue weighted by Gasteiger charge is -2.40. The number of nitrogens with one attached hydrogen (secondary N) is 2. The van der Waals surface area contributed by atoms with Crippen LogP contribution in [0.4, 0.5) is 0 Å². The van der Waals surface area contributed by atoms with Crippen molar-refractivity contribution in [3.63, 3.8) is 0 Å². The smallest absolute Gasteiger partial charge is 0.344 e. The second kappa shape index (κ2) is 7.47. The molecule has 4 N–H and O–H groups in total. The Balaban J connectivity index is 1.97. The molecule has 29 heavy (non-hydrogen) atoms. The van der Waals surface area contributed by atoms with Crippen LogP contribution >= 0.6 is 11.8 Å². The van der Waals surface area contributed by atoms with Crippen molar-refractivity contribution < 1.29 is 19.1 Å². The zero-order valence-corrected chi connectivity index (χ0v) is 17.2. The Hall–Kier alpha value is -2.95. The quantitative estimate of drug-likeness (QED) is 0.530. The fourth-order valence-corrected chi connectivity index (χ4v) is 4.12. The second-order valence-corrected chi connectivity index (χ2v) is 7.23. The number of carbonyl (C=O) groups excluding carboxylic acids is 2. The van der Waals surface area contributed by atoms with Crippen LogP contribution in [0.1, 0.15) is 13.8 Å². The minimum absolute atomic E-state index is 0.0900. The molecule has 0 amide bonds. The Morgan fingerprint density at radius 2 is 1.93 bits per heavy atom. The van der Waals surface area contributed by atoms with Gasteiger partial charge in [0.15, 0.2) is 11.3 Å². The summed E-state index contributed by atoms with van der Waals surface area (Å²) < 4.78 is 10.5. The van der Waals surface area contributed by atoms with Crippen molar-refractivity contribution in [2.75, 3.05) is 32.6 Å². The van der Waals surface area contributed by atoms with Gasteiger partial charge in [-0.1, -0.05) is 11.8 Å². The van der Waals surface area contributed by atoms with E-state index in [1.807, 2.05) is 11.2 Å². The predicted octanol–water partition coefficient (Wildman–Crippen LogP) is -0.230. The lowest BCUT2D eigenvalue weighted by Crippen LogP contribution is -2.48. The third kappa shape index (κ3) is 2.96. The third-order valence-electron chi connectivity index (χ3n) is 4.85. The van der Waals surface area contributed by atoms with Gasteiger partial charge in [0.25, 0.3) is 0 Å². The molecule has 0 aromatic carbocycles. The van der Waals surface area contributed by atoms with Crippen molar-refractivity contribution in [1.82, 2.24) is 15.5 Å². The van der Waals surface area contributed by atoms with E-state index in [-0.39, 0.29) is 24.6 Å². The van der Waals surface area contributed by atoms with Gasteiger partial charge in [0.2, 0.25) is 0 Å². The number of hydrogen-bond acceptors (Lipinski definition) is 11. The molecule has 11 heteroatoms. The Kier molecular flexibility index (Phi) is 4.99. The summed E-state index contributed by atoms with van der Waals surface area (Å²) in [7, 11) is 0. The molecule has 0 aromatic heterocycles. The molecule has 0 aromatic rings. The maximum atomic E-state index is 12.8. The Morgan fingerprint density at radius 3 is 2.59 bits per heavy atom. The number of carbonyl (C=O) groups is 2. The van der Waals surface area contributed by atoms with Crippen molar-refractivity contribution in [2.45, 2.75) is 20.0 Å². The highest BCUT2D eigenvalue weighted by atomic mass is 32.2. The molecular weight excluding hydrogens is 396 g/mol. The first-order valence-electron chi connectivity index (χ1n) is 9.33. The molecule has 4 aliphatic heterocycles. The Morgan fingerprint density at radius 1 is 1.24 bits per heavy atom. The zero-order chi connectivity index (χ0) is 20.7. The molecule has 1 fully saturated rings. The van der Waals surface area contributed by atoms with Crippen molar-refractivity contribution >= 4 is 34.7 Å². The van der Waals surface area contributed by atoms with Crippen LogP contribution in [0, 0.1) is 0 Å². The number of rotatable bonds is 4. The molecule has 0 aliphatic carbocycles. The fourth-order valence-electron chi connectivity index (χ4n) is 3.74. The maximum Gasteiger partial charge on any atom is 0.344 e. The van der Waals surface area contributed by atoms with Crippen LogP contribution in [0.3, 0.4) is 0 Å². The molecule has 0 saturated carbocycles. The van der Waals surface area contributed by atoms with Crippen LogP contribution in [-0.2, 0) is 19.1 Å². The minimum Gasteiger partial charge on any atom is -0.462 e. The van der Waals surface area contributed by atoms with Crippen LogP contribution in [0.2, 0.25) is 0 Å². The minimum atomic E-state index is -0.573. The monoisotopic (exact) mass is 418 g/mol. The number of hydrogen-bond donors (Lipinski definition) is 3. The van der Waals surface area contributed by atoms with Gasteiger partial charge in [0.1, 0.15) is 22.8 Å². The van der Waals surface area contributed by atoms with E-state index < -0.39 is 18.1 Å². The average molecular weight is 418 g/mol. The van der Waals surface area contributed by atoms with E-state index in [4.69, 9.17) is 15.2 Å². The van der Waals surface area contributed by atoms with E-state index in [1.165, 1.54) is 11.8 Å². The number of aliphatic imine (C=N–C) groups is 2. The number of nitrogens with zero attached hydrogens (tertiary/aromatic N) is 3. The molecule has 1 saturated heterocycles. The topological polar surface area (TPSA) is 131 Å². The van der Waals surface area contributed by atoms with Gasteiger partial charge in [-0.25, -0.2) is 19.6 Å². The summed E-state index contributed by atoms with van der Waals surface area (Å²) in [4.78, 5) is 36.6. The molecule has 0 bridgehead atoms. The number of ether oxygens (including phenoxy) is 2. The van der Waals surface area contributed by atoms with Crippen molar-refractivity contribution in [1.29, 1.82) is 0 Å². The lowest BCUT2D eigenvalue weighted by molar-refractivity contribution is -0.139. The van der Waals surface area contributed by atoms with E-state index in [1.54, 1.807) is 13.8 Å². The molecule has 4 aliphatic rings. The van der Waals surface area contributed by atoms with E-state index in [0.717, 1.165) is 0 Å². The molecule has 1 atom stereocenters. The standard InChI is InChI=1S/C18H22N6O4S/c1-4-27-16(25)9-11-8-12(22-18(21-11)29-3)10(17(26)28-5-2)14-20-6-7-24(14)15(8)23-13(9)19/h15,20H,4-7H2,1-3H3,(H2,19,23)(H,21,22). The van der Waals surface area contributed by atoms with Gasteiger partial charge in [-0.3, -0.25) is 0 Å². The summed E-state index contributed by atoms with van der Waals surface area (Å²) in [6.07, 6.45) is 1.35. The number of esters is 2. The highest BCUT2D eigenvalue weighted by Crippen LogP contribution is 2.42. The van der Waals surface area contributed by atoms with Crippen molar-refractivity contribution in [3.8, 4) is 0 Å². The van der Waals surface area contributed by atoms with Gasteiger partial charge in [-0.15, -0.1) is 0 Å². The van der Waals surface area contributed by atoms with E-state index in [9.17, 15) is 9.59 Å². The average Bonchev–Trinajstić information content (AvgIpc) is 3.17. The van der Waals surface area contributed by atoms with Gasteiger partial charge >= 0.3 is 11.9 Å². The molecule has 4 heterocycles. The van der Waals surface area contributed by atoms with Crippen molar-refractivity contribution in [2.24, 2.45) is 15.7 Å². The Labute approximate surface area is 172 Å². The van der Waals surface area contributed by atoms with Gasteiger partial charge in [0.05, 0.1) is 24.6 Å². The third-order valence-corrected chi connectivity index (χ3v) is 5.43. The zero-order valence-electron chi connectivity index (χ0n) is 16.4. The molecule has 1 unspecified atom stereocenters. The summed E-state index contributed by atoms with van der Waals surface area (Å²) in [6.45, 7) is 5.18. The van der Waals surface area contributed by atoms with Crippen LogP contribution in [0.15, 0.2) is 43.9 Å². The van der Waals surface area contributed by atoms with E-state index >= 15 is 0 Å². The number of fused-ring (bicyclic) bond motifs is 2. The number of dihydropyridines is 1. The summed E-state index contributed by atoms with van der Waals surface area (Å²) in [5, 5.41) is 6.95. The summed E-state index contributed by atoms with van der Waals surface area (Å²) in [5.41, 5.74) is 8.21. The molecule has 0 radical (unpaired) electrons. The van der Waals surface area contributed by atoms with Crippen LogP contribution in [-0.4, -0.2) is 66.6 Å². The second-order valence-electron chi connectivity index (χ2n) is 6.43. The summed E-state index contributed by atoms with van der Waals surface area (Å²) in [6, 6.07) is 0. The molecule has 10 nitrogen and oxygen atoms in total. The van der Waals surface area contributed by atoms with Gasteiger partial charge in [-0.05, 0) is 20.1 Å². The van der Waals surface area contributed by atoms with E-state index in [0.29, 0.717) is 46.6 Å². The predicted molar refractivity (Wildman–Crippen MR) is 109 cm³/mol. The normalized spacial score (nSPS) is 22.3.